The van der Waals surface area contributed by atoms with Crippen molar-refractivity contribution in [2.24, 2.45) is 4.99 Å². The summed E-state index contributed by atoms with van der Waals surface area (Å²) in [5.41, 5.74) is 1.26. The zero-order valence-electron chi connectivity index (χ0n) is 17.3. The number of carbonyl (C=O) groups is 2. The van der Waals surface area contributed by atoms with Gasteiger partial charge in [0, 0.05) is 32.2 Å². The summed E-state index contributed by atoms with van der Waals surface area (Å²) in [5.74, 6) is 0.594. The van der Waals surface area contributed by atoms with Crippen molar-refractivity contribution in [3.63, 3.8) is 0 Å². The first-order valence-corrected chi connectivity index (χ1v) is 9.55. The van der Waals surface area contributed by atoms with Crippen molar-refractivity contribution in [2.75, 3.05) is 25.0 Å². The number of rotatable bonds is 5. The van der Waals surface area contributed by atoms with Crippen LogP contribution in [0.25, 0.3) is 0 Å². The van der Waals surface area contributed by atoms with Crippen molar-refractivity contribution in [3.05, 3.63) is 29.8 Å². The predicted octanol–water partition coefficient (Wildman–Crippen LogP) is 2.32. The highest BCUT2D eigenvalue weighted by Gasteiger charge is 2.34. The molecule has 1 aliphatic rings. The van der Waals surface area contributed by atoms with Crippen molar-refractivity contribution in [3.8, 4) is 0 Å². The molecule has 1 saturated heterocycles. The second-order valence-electron chi connectivity index (χ2n) is 7.80. The number of ether oxygens (including phenoxy) is 1. The van der Waals surface area contributed by atoms with Crippen LogP contribution < -0.4 is 16.0 Å². The Balaban J connectivity index is 1.88. The van der Waals surface area contributed by atoms with Gasteiger partial charge >= 0.3 is 6.09 Å². The van der Waals surface area contributed by atoms with E-state index in [1.54, 1.807) is 4.90 Å². The topological polar surface area (TPSA) is 95.1 Å². The normalized spacial score (nSPS) is 14.9. The summed E-state index contributed by atoms with van der Waals surface area (Å²) in [6.07, 6.45) is -0.290. The zero-order valence-corrected chi connectivity index (χ0v) is 17.3. The van der Waals surface area contributed by atoms with E-state index in [2.05, 4.69) is 20.9 Å². The Morgan fingerprint density at radius 3 is 2.61 bits per heavy atom. The molecule has 8 heteroatoms. The van der Waals surface area contributed by atoms with Crippen molar-refractivity contribution in [2.45, 2.75) is 52.8 Å². The molecule has 0 aliphatic carbocycles. The van der Waals surface area contributed by atoms with Crippen molar-refractivity contribution < 1.29 is 14.3 Å². The SMILES string of the molecule is CCNC(=NCc1cccc(NC(C)=O)c1)NC1CN(C(=O)OC(C)(C)C)C1. The second-order valence-corrected chi connectivity index (χ2v) is 7.80. The van der Waals surface area contributed by atoms with Gasteiger partial charge in [-0.2, -0.15) is 0 Å². The van der Waals surface area contributed by atoms with Crippen LogP contribution >= 0.6 is 0 Å². The van der Waals surface area contributed by atoms with E-state index < -0.39 is 5.60 Å². The maximum Gasteiger partial charge on any atom is 0.410 e. The molecule has 0 spiro atoms. The van der Waals surface area contributed by atoms with Crippen LogP contribution in [0, 0.1) is 0 Å². The fourth-order valence-corrected chi connectivity index (χ4v) is 2.68. The van der Waals surface area contributed by atoms with Gasteiger partial charge in [0.2, 0.25) is 5.91 Å². The zero-order chi connectivity index (χ0) is 20.7. The molecular formula is C20H31N5O3. The minimum Gasteiger partial charge on any atom is -0.444 e. The fraction of sp³-hybridized carbons (Fsp3) is 0.550. The number of hydrogen-bond donors (Lipinski definition) is 3. The Bertz CT molecular complexity index is 721. The molecule has 154 valence electrons. The summed E-state index contributed by atoms with van der Waals surface area (Å²) in [5, 5.41) is 9.33. The van der Waals surface area contributed by atoms with Gasteiger partial charge in [-0.05, 0) is 45.4 Å². The molecule has 1 fully saturated rings. The van der Waals surface area contributed by atoms with E-state index in [0.29, 0.717) is 25.6 Å². The highest BCUT2D eigenvalue weighted by Crippen LogP contribution is 2.15. The Morgan fingerprint density at radius 1 is 1.29 bits per heavy atom. The van der Waals surface area contributed by atoms with E-state index in [1.807, 2.05) is 52.0 Å². The number of hydrogen-bond acceptors (Lipinski definition) is 4. The Hall–Kier alpha value is -2.77. The van der Waals surface area contributed by atoms with E-state index in [1.165, 1.54) is 6.92 Å². The molecular weight excluding hydrogens is 358 g/mol. The van der Waals surface area contributed by atoms with Gasteiger partial charge in [0.15, 0.2) is 5.96 Å². The highest BCUT2D eigenvalue weighted by atomic mass is 16.6. The first-order chi connectivity index (χ1) is 13.2. The molecule has 1 aromatic carbocycles. The van der Waals surface area contributed by atoms with Crippen LogP contribution in [-0.4, -0.2) is 54.1 Å². The molecule has 1 heterocycles. The molecule has 0 unspecified atom stereocenters. The summed E-state index contributed by atoms with van der Waals surface area (Å²) < 4.78 is 5.37. The van der Waals surface area contributed by atoms with Crippen LogP contribution in [0.15, 0.2) is 29.3 Å². The highest BCUT2D eigenvalue weighted by molar-refractivity contribution is 5.88. The average molecular weight is 390 g/mol. The minimum atomic E-state index is -0.488. The average Bonchev–Trinajstić information content (AvgIpc) is 2.53. The molecule has 0 bridgehead atoms. The quantitative estimate of drug-likeness (QED) is 0.531. The lowest BCUT2D eigenvalue weighted by molar-refractivity contribution is -0.114. The molecule has 1 aromatic rings. The summed E-state index contributed by atoms with van der Waals surface area (Å²) in [4.78, 5) is 29.5. The number of nitrogens with zero attached hydrogens (tertiary/aromatic N) is 2. The molecule has 8 nitrogen and oxygen atoms in total. The second kappa shape index (κ2) is 9.43. The van der Waals surface area contributed by atoms with Gasteiger partial charge < -0.3 is 25.6 Å². The van der Waals surface area contributed by atoms with E-state index in [-0.39, 0.29) is 18.0 Å². The molecule has 0 aromatic heterocycles. The van der Waals surface area contributed by atoms with E-state index in [4.69, 9.17) is 4.74 Å². The monoisotopic (exact) mass is 389 g/mol. The van der Waals surface area contributed by atoms with Gasteiger partial charge in [-0.15, -0.1) is 0 Å². The number of nitrogens with one attached hydrogen (secondary N) is 3. The smallest absolute Gasteiger partial charge is 0.410 e. The number of carbonyl (C=O) groups excluding carboxylic acids is 2. The lowest BCUT2D eigenvalue weighted by Gasteiger charge is -2.40. The third-order valence-corrected chi connectivity index (χ3v) is 3.89. The number of guanidine groups is 1. The summed E-state index contributed by atoms with van der Waals surface area (Å²) in [6.45, 7) is 11.4. The Morgan fingerprint density at radius 2 is 2.00 bits per heavy atom. The van der Waals surface area contributed by atoms with Crippen LogP contribution in [0.1, 0.15) is 40.2 Å². The molecule has 0 radical (unpaired) electrons. The molecule has 2 rings (SSSR count). The fourth-order valence-electron chi connectivity index (χ4n) is 2.68. The van der Waals surface area contributed by atoms with Crippen LogP contribution in [0.2, 0.25) is 0 Å². The van der Waals surface area contributed by atoms with Crippen LogP contribution in [-0.2, 0) is 16.1 Å². The Labute approximate surface area is 166 Å². The van der Waals surface area contributed by atoms with Gasteiger partial charge in [-0.3, -0.25) is 4.79 Å². The van der Waals surface area contributed by atoms with Crippen LogP contribution in [0.3, 0.4) is 0 Å². The first-order valence-electron chi connectivity index (χ1n) is 9.55. The maximum absolute atomic E-state index is 12.0. The number of anilines is 1. The summed E-state index contributed by atoms with van der Waals surface area (Å²) >= 11 is 0. The lowest BCUT2D eigenvalue weighted by atomic mass is 10.1. The van der Waals surface area contributed by atoms with Gasteiger partial charge in [-0.25, -0.2) is 9.79 Å². The maximum atomic E-state index is 12.0. The standard InChI is InChI=1S/C20H31N5O3/c1-6-21-18(22-11-15-8-7-9-16(10-15)23-14(2)26)24-17-12-25(13-17)19(27)28-20(3,4)5/h7-10,17H,6,11-13H2,1-5H3,(H,23,26)(H2,21,22,24). The number of benzene rings is 1. The van der Waals surface area contributed by atoms with Crippen LogP contribution in [0.5, 0.6) is 0 Å². The van der Waals surface area contributed by atoms with E-state index in [9.17, 15) is 9.59 Å². The number of likely N-dealkylation sites (tertiary alicyclic amines) is 1. The predicted molar refractivity (Wildman–Crippen MR) is 110 cm³/mol. The molecule has 2 amide bonds. The molecule has 28 heavy (non-hydrogen) atoms. The van der Waals surface area contributed by atoms with E-state index in [0.717, 1.165) is 17.8 Å². The van der Waals surface area contributed by atoms with E-state index >= 15 is 0 Å². The lowest BCUT2D eigenvalue weighted by Crippen LogP contribution is -2.63. The van der Waals surface area contributed by atoms with Crippen molar-refractivity contribution >= 4 is 23.6 Å². The Kier molecular flexibility index (Phi) is 7.25. The third-order valence-electron chi connectivity index (χ3n) is 3.89. The molecule has 3 N–H and O–H groups in total. The number of aliphatic imine (C=N–C) groups is 1. The van der Waals surface area contributed by atoms with Crippen molar-refractivity contribution in [1.82, 2.24) is 15.5 Å². The van der Waals surface area contributed by atoms with Crippen LogP contribution in [0.4, 0.5) is 10.5 Å². The molecule has 0 saturated carbocycles. The van der Waals surface area contributed by atoms with Gasteiger partial charge in [0.05, 0.1) is 12.6 Å². The largest absolute Gasteiger partial charge is 0.444 e. The third kappa shape index (κ3) is 7.09. The minimum absolute atomic E-state index is 0.102. The van der Waals surface area contributed by atoms with Gasteiger partial charge in [-0.1, -0.05) is 12.1 Å². The first kappa shape index (κ1) is 21.5. The van der Waals surface area contributed by atoms with Gasteiger partial charge in [0.25, 0.3) is 0 Å². The summed E-state index contributed by atoms with van der Waals surface area (Å²) in [6, 6.07) is 7.74. The van der Waals surface area contributed by atoms with Crippen molar-refractivity contribution in [1.29, 1.82) is 0 Å². The van der Waals surface area contributed by atoms with Gasteiger partial charge in [0.1, 0.15) is 5.60 Å². The molecule has 0 atom stereocenters. The summed E-state index contributed by atoms with van der Waals surface area (Å²) in [7, 11) is 0. The molecule has 1 aliphatic heterocycles. The number of amides is 2.